The summed E-state index contributed by atoms with van der Waals surface area (Å²) in [5.41, 5.74) is 1.80. The molecule has 1 saturated heterocycles. The van der Waals surface area contributed by atoms with Crippen molar-refractivity contribution >= 4 is 50.7 Å². The molecule has 8 atom stereocenters. The quantitative estimate of drug-likeness (QED) is 0.195. The minimum absolute atomic E-state index is 0.0463. The fourth-order valence-electron chi connectivity index (χ4n) is 8.43. The maximum atomic E-state index is 13.0. The van der Waals surface area contributed by atoms with Gasteiger partial charge in [0.05, 0.1) is 6.04 Å². The van der Waals surface area contributed by atoms with Gasteiger partial charge in [-0.3, -0.25) is 19.2 Å². The summed E-state index contributed by atoms with van der Waals surface area (Å²) in [7, 11) is 0. The van der Waals surface area contributed by atoms with E-state index in [1.165, 1.54) is 31.2 Å². The summed E-state index contributed by atoms with van der Waals surface area (Å²) in [6.07, 6.45) is 8.17. The van der Waals surface area contributed by atoms with E-state index in [4.69, 9.17) is 14.2 Å². The monoisotopic (exact) mass is 645 g/mol. The van der Waals surface area contributed by atoms with Gasteiger partial charge in [-0.1, -0.05) is 53.2 Å². The Hall–Kier alpha value is -2.33. The van der Waals surface area contributed by atoms with Crippen LogP contribution >= 0.6 is 27.7 Å². The number of thioether (sulfide) groups is 1. The van der Waals surface area contributed by atoms with E-state index in [0.29, 0.717) is 30.8 Å². The summed E-state index contributed by atoms with van der Waals surface area (Å²) in [5, 5.41) is 3.00. The van der Waals surface area contributed by atoms with E-state index in [-0.39, 0.29) is 45.1 Å². The second-order valence-electron chi connectivity index (χ2n) is 12.1. The van der Waals surface area contributed by atoms with Crippen LogP contribution in [0.25, 0.3) is 0 Å². The van der Waals surface area contributed by atoms with Crippen molar-refractivity contribution < 1.29 is 33.4 Å². The third-order valence-electron chi connectivity index (χ3n) is 9.91. The molecule has 1 spiro atoms. The smallest absolute Gasteiger partial charge is 0.308 e. The van der Waals surface area contributed by atoms with Gasteiger partial charge >= 0.3 is 11.9 Å². The molecule has 41 heavy (non-hydrogen) atoms. The molecule has 1 amide bonds. The lowest BCUT2D eigenvalue weighted by Gasteiger charge is -2.51. The summed E-state index contributed by atoms with van der Waals surface area (Å²) in [6, 6.07) is 3.50. The molecule has 0 radical (unpaired) electrons. The number of halogens is 1. The zero-order valence-electron chi connectivity index (χ0n) is 23.6. The Labute approximate surface area is 252 Å². The molecule has 2 bridgehead atoms. The number of benzene rings is 1. The number of hydrogen-bond acceptors (Lipinski definition) is 8. The van der Waals surface area contributed by atoms with Crippen molar-refractivity contribution in [2.24, 2.45) is 17.8 Å². The molecular formula is C31H36BrNO7S. The van der Waals surface area contributed by atoms with E-state index >= 15 is 0 Å². The van der Waals surface area contributed by atoms with Gasteiger partial charge in [-0.15, -0.1) is 0 Å². The van der Waals surface area contributed by atoms with Crippen LogP contribution in [0.5, 0.6) is 11.5 Å². The largest absolute Gasteiger partial charge is 0.481 e. The van der Waals surface area contributed by atoms with E-state index in [2.05, 4.69) is 40.3 Å². The average Bonchev–Trinajstić information content (AvgIpc) is 3.47. The summed E-state index contributed by atoms with van der Waals surface area (Å²) >= 11 is 5.49. The van der Waals surface area contributed by atoms with Crippen molar-refractivity contribution in [2.45, 2.75) is 93.7 Å². The molecule has 8 unspecified atom stereocenters. The van der Waals surface area contributed by atoms with E-state index in [1.807, 2.05) is 12.1 Å². The molecule has 2 heterocycles. The average molecular weight is 647 g/mol. The molecule has 10 heteroatoms. The fraction of sp³-hybridized carbons (Fsp3) is 0.613. The van der Waals surface area contributed by atoms with Crippen LogP contribution in [0.4, 0.5) is 0 Å². The Morgan fingerprint density at radius 3 is 2.66 bits per heavy atom. The molecule has 1 aromatic carbocycles. The molecule has 8 nitrogen and oxygen atoms in total. The number of esters is 2. The second-order valence-corrected chi connectivity index (χ2v) is 14.8. The van der Waals surface area contributed by atoms with E-state index in [1.54, 1.807) is 0 Å². The van der Waals surface area contributed by atoms with Gasteiger partial charge in [0.1, 0.15) is 6.10 Å². The van der Waals surface area contributed by atoms with Crippen LogP contribution in [-0.2, 0) is 35.8 Å². The number of amides is 1. The van der Waals surface area contributed by atoms with Crippen molar-refractivity contribution in [2.75, 3.05) is 5.75 Å². The lowest BCUT2D eigenvalue weighted by atomic mass is 9.53. The Bertz CT molecular complexity index is 1330. The molecule has 2 aliphatic heterocycles. The minimum Gasteiger partial charge on any atom is -0.481 e. The van der Waals surface area contributed by atoms with Gasteiger partial charge in [-0.05, 0) is 67.6 Å². The Morgan fingerprint density at radius 1 is 1.17 bits per heavy atom. The molecular weight excluding hydrogens is 610 g/mol. The highest BCUT2D eigenvalue weighted by Gasteiger charge is 2.66. The van der Waals surface area contributed by atoms with Crippen molar-refractivity contribution in [1.29, 1.82) is 0 Å². The zero-order chi connectivity index (χ0) is 29.1. The molecule has 3 aliphatic carbocycles. The predicted molar refractivity (Wildman–Crippen MR) is 157 cm³/mol. The van der Waals surface area contributed by atoms with Crippen molar-refractivity contribution in [1.82, 2.24) is 5.32 Å². The Balaban J connectivity index is 1.37. The van der Waals surface area contributed by atoms with Gasteiger partial charge < -0.3 is 19.5 Å². The van der Waals surface area contributed by atoms with E-state index < -0.39 is 23.6 Å². The molecule has 6 rings (SSSR count). The second kappa shape index (κ2) is 10.7. The van der Waals surface area contributed by atoms with E-state index in [0.717, 1.165) is 37.0 Å². The first kappa shape index (κ1) is 28.8. The third-order valence-corrected chi connectivity index (χ3v) is 12.3. The number of alkyl halides is 1. The van der Waals surface area contributed by atoms with Crippen LogP contribution < -0.4 is 14.8 Å². The molecule has 5 aliphatic rings. The van der Waals surface area contributed by atoms with Gasteiger partial charge in [0, 0.05) is 41.3 Å². The van der Waals surface area contributed by atoms with Crippen molar-refractivity contribution in [3.8, 4) is 11.5 Å². The standard InChI is InChI=1S/C31H36BrNO7S/c1-4-20-19-15-18-5-7-23(38-16(2)34)27-26(18)31(21(19)6-8-24(28(31)40-27)39-17(3)35)13-12-30(20,32)11-9-25(36)33-22-10-14-41-29(22)37/h5-8,19-22,24,28H,4,9-15H2,1-3H3,(H,33,36). The number of nitrogens with one attached hydrogen (secondary N) is 1. The number of rotatable bonds is 7. The first-order valence-corrected chi connectivity index (χ1v) is 16.4. The van der Waals surface area contributed by atoms with Crippen LogP contribution in [0.2, 0.25) is 0 Å². The lowest BCUT2D eigenvalue weighted by Crippen LogP contribution is -2.57. The van der Waals surface area contributed by atoms with E-state index in [9.17, 15) is 19.2 Å². The van der Waals surface area contributed by atoms with Gasteiger partial charge in [0.25, 0.3) is 0 Å². The first-order valence-electron chi connectivity index (χ1n) is 14.6. The lowest BCUT2D eigenvalue weighted by molar-refractivity contribution is -0.151. The van der Waals surface area contributed by atoms with Crippen molar-refractivity contribution in [3.05, 3.63) is 35.4 Å². The maximum absolute atomic E-state index is 13.0. The van der Waals surface area contributed by atoms with Gasteiger partial charge in [-0.2, -0.15) is 0 Å². The zero-order valence-corrected chi connectivity index (χ0v) is 26.0. The number of allylic oxidation sites excluding steroid dienone is 1. The highest BCUT2D eigenvalue weighted by Crippen LogP contribution is 2.67. The van der Waals surface area contributed by atoms with Crippen molar-refractivity contribution in [3.63, 3.8) is 0 Å². The molecule has 1 N–H and O–H groups in total. The van der Waals surface area contributed by atoms with Crippen LogP contribution in [0.15, 0.2) is 24.3 Å². The van der Waals surface area contributed by atoms with Crippen LogP contribution in [0.1, 0.15) is 70.4 Å². The highest BCUT2D eigenvalue weighted by atomic mass is 79.9. The number of carbonyl (C=O) groups is 4. The molecule has 1 aromatic rings. The number of hydrogen-bond donors (Lipinski definition) is 1. The first-order chi connectivity index (χ1) is 19.6. The molecule has 1 saturated carbocycles. The topological polar surface area (TPSA) is 108 Å². The predicted octanol–water partition coefficient (Wildman–Crippen LogP) is 4.78. The minimum atomic E-state index is -0.566. The van der Waals surface area contributed by atoms with Crippen LogP contribution in [0.3, 0.4) is 0 Å². The molecule has 2 fully saturated rings. The summed E-state index contributed by atoms with van der Waals surface area (Å²) in [6.45, 7) is 5.00. The summed E-state index contributed by atoms with van der Waals surface area (Å²) in [5.74, 6) is 1.52. The SMILES string of the molecule is CCC1C2Cc3ccc(OC(C)=O)c4c3C3(CCC1(Br)CCC(=O)NC1CCSC1=O)C2C=CC(OC(C)=O)C3O4. The maximum Gasteiger partial charge on any atom is 0.308 e. The normalized spacial score (nSPS) is 36.1. The fourth-order valence-corrected chi connectivity index (χ4v) is 10.4. The van der Waals surface area contributed by atoms with Gasteiger partial charge in [0.15, 0.2) is 17.6 Å². The highest BCUT2D eigenvalue weighted by molar-refractivity contribution is 9.10. The molecule has 220 valence electrons. The number of carbonyl (C=O) groups excluding carboxylic acids is 4. The summed E-state index contributed by atoms with van der Waals surface area (Å²) < 4.78 is 17.8. The van der Waals surface area contributed by atoms with Crippen LogP contribution in [-0.4, -0.2) is 51.3 Å². The number of ether oxygens (including phenoxy) is 3. The van der Waals surface area contributed by atoms with Gasteiger partial charge in [-0.25, -0.2) is 0 Å². The van der Waals surface area contributed by atoms with Gasteiger partial charge in [0.2, 0.25) is 11.0 Å². The summed E-state index contributed by atoms with van der Waals surface area (Å²) in [4.78, 5) is 49.2. The third kappa shape index (κ3) is 4.73. The Kier molecular flexibility index (Phi) is 7.54. The van der Waals surface area contributed by atoms with Crippen LogP contribution in [0, 0.1) is 17.8 Å². The molecule has 0 aromatic heterocycles. The Morgan fingerprint density at radius 2 is 1.98 bits per heavy atom.